The van der Waals surface area contributed by atoms with E-state index in [4.69, 9.17) is 21.1 Å². The van der Waals surface area contributed by atoms with Gasteiger partial charge in [0.25, 0.3) is 5.92 Å². The highest BCUT2D eigenvalue weighted by Gasteiger charge is 2.58. The molecule has 0 spiro atoms. The van der Waals surface area contributed by atoms with Crippen molar-refractivity contribution in [3.8, 4) is 0 Å². The molecule has 0 aliphatic carbocycles. The molecule has 13 heteroatoms. The third kappa shape index (κ3) is 7.99. The van der Waals surface area contributed by atoms with E-state index in [9.17, 15) is 23.1 Å². The number of unbranched alkanes of at least 4 members (excludes halogenated alkanes) is 1. The maximum absolute atomic E-state index is 15.8. The van der Waals surface area contributed by atoms with E-state index in [-0.39, 0.29) is 28.6 Å². The molecule has 9 nitrogen and oxygen atoms in total. The number of carbonyl (C=O) groups excluding carboxylic acids is 2. The number of aryl methyl sites for hydroxylation is 1. The van der Waals surface area contributed by atoms with Crippen LogP contribution in [-0.2, 0) is 36.3 Å². The summed E-state index contributed by atoms with van der Waals surface area (Å²) in [5.74, 6) is -5.11. The van der Waals surface area contributed by atoms with Gasteiger partial charge in [-0.3, -0.25) is 9.69 Å². The van der Waals surface area contributed by atoms with E-state index in [1.807, 2.05) is 6.92 Å². The lowest BCUT2D eigenvalue weighted by Crippen LogP contribution is -2.51. The van der Waals surface area contributed by atoms with Crippen LogP contribution in [0.5, 0.6) is 0 Å². The van der Waals surface area contributed by atoms with E-state index in [0.717, 1.165) is 23.0 Å². The monoisotopic (exact) mass is 664 g/mol. The van der Waals surface area contributed by atoms with Gasteiger partial charge in [-0.2, -0.15) is 4.72 Å². The molecule has 45 heavy (non-hydrogen) atoms. The summed E-state index contributed by atoms with van der Waals surface area (Å²) in [4.78, 5) is 27.2. The number of sulfonamides is 1. The van der Waals surface area contributed by atoms with Crippen LogP contribution in [0, 0.1) is 6.92 Å². The Bertz CT molecular complexity index is 1610. The van der Waals surface area contributed by atoms with Crippen LogP contribution in [0.3, 0.4) is 0 Å². The molecule has 0 fully saturated rings. The summed E-state index contributed by atoms with van der Waals surface area (Å²) >= 11 is 6.15. The number of fused-ring (bicyclic) bond motifs is 1. The van der Waals surface area contributed by atoms with Crippen molar-refractivity contribution in [1.29, 1.82) is 0 Å². The predicted octanol–water partition coefficient (Wildman–Crippen LogP) is 5.75. The third-order valence-corrected chi connectivity index (χ3v) is 9.24. The van der Waals surface area contributed by atoms with Crippen LogP contribution in [0.4, 0.5) is 19.3 Å². The van der Waals surface area contributed by atoms with Gasteiger partial charge >= 0.3 is 12.1 Å². The fraction of sp³-hybridized carbons (Fsp3) is 0.375. The average Bonchev–Trinajstić information content (AvgIpc) is 3.08. The minimum atomic E-state index is -4.25. The summed E-state index contributed by atoms with van der Waals surface area (Å²) in [7, 11) is -4.25. The number of anilines is 1. The van der Waals surface area contributed by atoms with Crippen LogP contribution in [0.1, 0.15) is 42.9 Å². The molecule has 1 aliphatic rings. The van der Waals surface area contributed by atoms with Crippen LogP contribution < -0.4 is 9.62 Å². The second kappa shape index (κ2) is 14.2. The fourth-order valence-electron chi connectivity index (χ4n) is 4.88. The van der Waals surface area contributed by atoms with Crippen LogP contribution in [-0.4, -0.2) is 57.3 Å². The maximum Gasteiger partial charge on any atom is 0.414 e. The molecule has 242 valence electrons. The van der Waals surface area contributed by atoms with Crippen molar-refractivity contribution in [2.75, 3.05) is 24.7 Å². The Morgan fingerprint density at radius 1 is 1.07 bits per heavy atom. The highest BCUT2D eigenvalue weighted by Crippen LogP contribution is 2.47. The van der Waals surface area contributed by atoms with Gasteiger partial charge < -0.3 is 14.6 Å². The Kier molecular flexibility index (Phi) is 10.9. The highest BCUT2D eigenvalue weighted by atomic mass is 35.5. The number of ether oxygens (including phenoxy) is 2. The molecule has 1 amide bonds. The van der Waals surface area contributed by atoms with Gasteiger partial charge in [0.1, 0.15) is 12.6 Å². The number of benzene rings is 3. The van der Waals surface area contributed by atoms with Gasteiger partial charge in [-0.1, -0.05) is 73.0 Å². The van der Waals surface area contributed by atoms with Crippen molar-refractivity contribution in [3.05, 3.63) is 94.5 Å². The standard InChI is InChI=1S/C32H35ClF2N2O7S/c1-3-4-18-43-30(39)37-17-16-32(34,35)31(40,26-20-24(33)12-15-28(26)37)21-44-29(38)27(19-23-8-6-5-7-9-23)36-45(41,42)25-13-10-22(2)11-14-25/h5-15,20,27,36,40H,3-4,16-19,21H2,1-2H3/t27-,31-/m1/s1. The summed E-state index contributed by atoms with van der Waals surface area (Å²) in [6.07, 6.45) is -0.725. The SMILES string of the molecule is CCCCOC(=O)N1CCC(F)(F)[C@@](O)(COC(=O)[C@@H](Cc2ccccc2)NS(=O)(=O)c2ccc(C)cc2)c2cc(Cl)ccc21. The number of nitrogens with one attached hydrogen (secondary N) is 1. The van der Waals surface area contributed by atoms with Crippen molar-refractivity contribution < 1.29 is 41.4 Å². The van der Waals surface area contributed by atoms with Crippen molar-refractivity contribution >= 4 is 39.4 Å². The quantitative estimate of drug-likeness (QED) is 0.198. The van der Waals surface area contributed by atoms with Crippen LogP contribution in [0.15, 0.2) is 77.7 Å². The molecule has 0 unspecified atom stereocenters. The van der Waals surface area contributed by atoms with Gasteiger partial charge in [0.15, 0.2) is 5.60 Å². The number of amides is 1. The first kappa shape index (κ1) is 34.3. The number of esters is 1. The van der Waals surface area contributed by atoms with Crippen LogP contribution in [0.25, 0.3) is 0 Å². The summed E-state index contributed by atoms with van der Waals surface area (Å²) < 4.78 is 70.9. The number of nitrogens with zero attached hydrogens (tertiary/aromatic N) is 1. The molecule has 0 saturated carbocycles. The molecule has 0 saturated heterocycles. The number of rotatable bonds is 11. The predicted molar refractivity (Wildman–Crippen MR) is 165 cm³/mol. The van der Waals surface area contributed by atoms with Gasteiger partial charge in [0.05, 0.1) is 17.2 Å². The molecule has 4 rings (SSSR count). The fourth-order valence-corrected chi connectivity index (χ4v) is 6.23. The van der Waals surface area contributed by atoms with E-state index in [1.54, 1.807) is 49.4 Å². The van der Waals surface area contributed by atoms with Gasteiger partial charge in [0.2, 0.25) is 10.0 Å². The Morgan fingerprint density at radius 2 is 1.76 bits per heavy atom. The van der Waals surface area contributed by atoms with E-state index in [2.05, 4.69) is 4.72 Å². The van der Waals surface area contributed by atoms with Gasteiger partial charge in [-0.15, -0.1) is 0 Å². The number of aliphatic hydroxyl groups is 1. The highest BCUT2D eigenvalue weighted by molar-refractivity contribution is 7.89. The molecule has 0 radical (unpaired) electrons. The Hall–Kier alpha value is -3.58. The summed E-state index contributed by atoms with van der Waals surface area (Å²) in [5.41, 5.74) is -2.27. The van der Waals surface area contributed by atoms with E-state index in [1.165, 1.54) is 24.3 Å². The Labute approximate surface area is 266 Å². The summed E-state index contributed by atoms with van der Waals surface area (Å²) in [6.45, 7) is 2.00. The zero-order valence-corrected chi connectivity index (χ0v) is 26.4. The van der Waals surface area contributed by atoms with Crippen molar-refractivity contribution in [2.24, 2.45) is 0 Å². The van der Waals surface area contributed by atoms with E-state index in [0.29, 0.717) is 12.0 Å². The Morgan fingerprint density at radius 3 is 2.42 bits per heavy atom. The van der Waals surface area contributed by atoms with Crippen LogP contribution >= 0.6 is 11.6 Å². The normalized spacial score (nSPS) is 18.4. The molecule has 3 aromatic rings. The minimum Gasteiger partial charge on any atom is -0.461 e. The molecule has 1 heterocycles. The van der Waals surface area contributed by atoms with Gasteiger partial charge in [-0.05, 0) is 55.7 Å². The lowest BCUT2D eigenvalue weighted by molar-refractivity contribution is -0.214. The number of hydrogen-bond acceptors (Lipinski definition) is 7. The lowest BCUT2D eigenvalue weighted by atomic mass is 9.86. The van der Waals surface area contributed by atoms with Gasteiger partial charge in [0, 0.05) is 23.6 Å². The Balaban J connectivity index is 1.65. The van der Waals surface area contributed by atoms with Crippen LogP contribution in [0.2, 0.25) is 5.02 Å². The zero-order valence-electron chi connectivity index (χ0n) is 24.8. The number of carbonyl (C=O) groups is 2. The van der Waals surface area contributed by atoms with Crippen molar-refractivity contribution in [2.45, 2.75) is 62.0 Å². The molecule has 0 aromatic heterocycles. The number of hydrogen-bond donors (Lipinski definition) is 2. The summed E-state index contributed by atoms with van der Waals surface area (Å²) in [6, 6.07) is 16.6. The first-order valence-electron chi connectivity index (χ1n) is 14.4. The molecule has 2 atom stereocenters. The third-order valence-electron chi connectivity index (χ3n) is 7.51. The van der Waals surface area contributed by atoms with E-state index >= 15 is 8.78 Å². The number of halogens is 3. The van der Waals surface area contributed by atoms with Gasteiger partial charge in [-0.25, -0.2) is 22.0 Å². The second-order valence-electron chi connectivity index (χ2n) is 10.9. The topological polar surface area (TPSA) is 122 Å². The van der Waals surface area contributed by atoms with Crippen molar-refractivity contribution in [1.82, 2.24) is 4.72 Å². The molecule has 0 bridgehead atoms. The second-order valence-corrected chi connectivity index (χ2v) is 13.0. The molecule has 3 aromatic carbocycles. The lowest BCUT2D eigenvalue weighted by Gasteiger charge is -2.35. The minimum absolute atomic E-state index is 0.0108. The van der Waals surface area contributed by atoms with Crippen molar-refractivity contribution in [3.63, 3.8) is 0 Å². The maximum atomic E-state index is 15.8. The first-order valence-corrected chi connectivity index (χ1v) is 16.3. The molecular formula is C32H35ClF2N2O7S. The largest absolute Gasteiger partial charge is 0.461 e. The smallest absolute Gasteiger partial charge is 0.414 e. The number of alkyl halides is 2. The molecular weight excluding hydrogens is 630 g/mol. The first-order chi connectivity index (χ1) is 21.3. The summed E-state index contributed by atoms with van der Waals surface area (Å²) in [5, 5.41) is 11.6. The average molecular weight is 665 g/mol. The van der Waals surface area contributed by atoms with E-state index < -0.39 is 64.8 Å². The molecule has 1 aliphatic heterocycles. The zero-order chi connectivity index (χ0) is 32.8. The molecule has 2 N–H and O–H groups in total.